The maximum atomic E-state index is 10.8. The monoisotopic (exact) mass is 273 g/mol. The Morgan fingerprint density at radius 1 is 1.41 bits per heavy atom. The number of carboxylic acids is 1. The normalized spacial score (nSPS) is 15.8. The van der Waals surface area contributed by atoms with Crippen LogP contribution in [0.2, 0.25) is 10.0 Å². The smallest absolute Gasteiger partial charge is 0.335 e. The molecule has 1 saturated heterocycles. The van der Waals surface area contributed by atoms with E-state index in [1.165, 1.54) is 12.1 Å². The highest BCUT2D eigenvalue weighted by molar-refractivity contribution is 6.39. The molecule has 0 amide bonds. The lowest BCUT2D eigenvalue weighted by molar-refractivity contribution is 0.0697. The molecule has 3 nitrogen and oxygen atoms in total. The van der Waals surface area contributed by atoms with E-state index >= 15 is 0 Å². The number of nitrogens with zero attached hydrogens (tertiary/aromatic N) is 1. The van der Waals surface area contributed by atoms with Gasteiger partial charge in [-0.1, -0.05) is 30.1 Å². The fraction of sp³-hybridized carbons (Fsp3) is 0.417. The van der Waals surface area contributed by atoms with Gasteiger partial charge in [0.1, 0.15) is 0 Å². The highest BCUT2D eigenvalue weighted by atomic mass is 35.5. The van der Waals surface area contributed by atoms with Crippen molar-refractivity contribution in [3.05, 3.63) is 27.7 Å². The number of hydrogen-bond donors (Lipinski definition) is 1. The Balaban J connectivity index is 2.27. The largest absolute Gasteiger partial charge is 0.478 e. The predicted molar refractivity (Wildman–Crippen MR) is 69.4 cm³/mol. The summed E-state index contributed by atoms with van der Waals surface area (Å²) in [6, 6.07) is 2.90. The van der Waals surface area contributed by atoms with Gasteiger partial charge in [0.05, 0.1) is 21.3 Å². The molecule has 0 saturated carbocycles. The van der Waals surface area contributed by atoms with Gasteiger partial charge < -0.3 is 10.0 Å². The van der Waals surface area contributed by atoms with Crippen LogP contribution in [-0.4, -0.2) is 24.2 Å². The van der Waals surface area contributed by atoms with Crippen molar-refractivity contribution in [3.63, 3.8) is 0 Å². The Kier molecular flexibility index (Phi) is 3.50. The molecular formula is C12H13Cl2NO2. The van der Waals surface area contributed by atoms with Crippen molar-refractivity contribution in [2.45, 2.75) is 13.3 Å². The Morgan fingerprint density at radius 3 is 2.35 bits per heavy atom. The number of carbonyl (C=O) groups is 1. The molecule has 0 atom stereocenters. The summed E-state index contributed by atoms with van der Waals surface area (Å²) >= 11 is 12.2. The zero-order valence-electron chi connectivity index (χ0n) is 9.41. The topological polar surface area (TPSA) is 40.5 Å². The maximum absolute atomic E-state index is 10.8. The van der Waals surface area contributed by atoms with E-state index < -0.39 is 5.97 Å². The van der Waals surface area contributed by atoms with Crippen LogP contribution in [0.1, 0.15) is 23.7 Å². The highest BCUT2D eigenvalue weighted by Gasteiger charge is 2.28. The summed E-state index contributed by atoms with van der Waals surface area (Å²) in [6.07, 6.45) is 1.14. The number of aromatic carboxylic acids is 1. The van der Waals surface area contributed by atoms with Crippen LogP contribution in [0.3, 0.4) is 0 Å². The fourth-order valence-electron chi connectivity index (χ4n) is 2.00. The third-order valence-corrected chi connectivity index (χ3v) is 3.69. The van der Waals surface area contributed by atoms with Crippen LogP contribution in [0, 0.1) is 5.92 Å². The van der Waals surface area contributed by atoms with Gasteiger partial charge in [-0.3, -0.25) is 0 Å². The maximum Gasteiger partial charge on any atom is 0.335 e. The Morgan fingerprint density at radius 2 is 1.94 bits per heavy atom. The first-order valence-corrected chi connectivity index (χ1v) is 6.25. The predicted octanol–water partition coefficient (Wildman–Crippen LogP) is 3.54. The van der Waals surface area contributed by atoms with Crippen LogP contribution in [0.15, 0.2) is 12.1 Å². The minimum absolute atomic E-state index is 0.122. The summed E-state index contributed by atoms with van der Waals surface area (Å²) in [7, 11) is 0. The van der Waals surface area contributed by atoms with Crippen LogP contribution < -0.4 is 4.90 Å². The zero-order chi connectivity index (χ0) is 12.6. The van der Waals surface area contributed by atoms with Crippen molar-refractivity contribution in [2.75, 3.05) is 18.0 Å². The molecule has 0 bridgehead atoms. The Hall–Kier alpha value is -0.930. The van der Waals surface area contributed by atoms with Gasteiger partial charge in [0.25, 0.3) is 0 Å². The number of carboxylic acid groups (broad SMARTS) is 1. The molecular weight excluding hydrogens is 261 g/mol. The van der Waals surface area contributed by atoms with Crippen molar-refractivity contribution >= 4 is 34.9 Å². The van der Waals surface area contributed by atoms with E-state index in [-0.39, 0.29) is 5.56 Å². The third kappa shape index (κ3) is 2.35. The fourth-order valence-corrected chi connectivity index (χ4v) is 2.73. The Bertz CT molecular complexity index is 433. The van der Waals surface area contributed by atoms with Gasteiger partial charge in [-0.05, 0) is 24.5 Å². The van der Waals surface area contributed by atoms with Crippen LogP contribution in [-0.2, 0) is 0 Å². The van der Waals surface area contributed by atoms with E-state index in [1.54, 1.807) is 0 Å². The number of benzene rings is 1. The van der Waals surface area contributed by atoms with Crippen molar-refractivity contribution in [1.29, 1.82) is 0 Å². The molecule has 0 aromatic heterocycles. The van der Waals surface area contributed by atoms with Crippen molar-refractivity contribution in [3.8, 4) is 0 Å². The second kappa shape index (κ2) is 4.75. The average Bonchev–Trinajstić information content (AvgIpc) is 2.19. The molecule has 1 fully saturated rings. The molecule has 1 N–H and O–H groups in total. The summed E-state index contributed by atoms with van der Waals surface area (Å²) in [5, 5.41) is 9.70. The molecule has 0 spiro atoms. The first-order valence-electron chi connectivity index (χ1n) is 5.50. The van der Waals surface area contributed by atoms with Crippen molar-refractivity contribution in [1.82, 2.24) is 0 Å². The second-order valence-electron chi connectivity index (χ2n) is 4.27. The molecule has 1 aromatic carbocycles. The van der Waals surface area contributed by atoms with E-state index in [2.05, 4.69) is 11.8 Å². The number of rotatable bonds is 3. The van der Waals surface area contributed by atoms with Crippen molar-refractivity contribution < 1.29 is 9.90 Å². The van der Waals surface area contributed by atoms with E-state index in [4.69, 9.17) is 28.3 Å². The van der Waals surface area contributed by atoms with E-state index in [0.29, 0.717) is 16.0 Å². The van der Waals surface area contributed by atoms with E-state index in [9.17, 15) is 4.79 Å². The third-order valence-electron chi connectivity index (χ3n) is 3.11. The first-order chi connectivity index (χ1) is 8.02. The Labute approximate surface area is 110 Å². The van der Waals surface area contributed by atoms with E-state index in [0.717, 1.165) is 25.2 Å². The molecule has 5 heteroatoms. The average molecular weight is 274 g/mol. The van der Waals surface area contributed by atoms with Crippen LogP contribution in [0.5, 0.6) is 0 Å². The summed E-state index contributed by atoms with van der Waals surface area (Å²) in [5.74, 6) is -0.336. The van der Waals surface area contributed by atoms with Gasteiger partial charge in [0.2, 0.25) is 0 Å². The zero-order valence-corrected chi connectivity index (χ0v) is 10.9. The number of halogens is 2. The number of anilines is 1. The minimum atomic E-state index is -1.02. The summed E-state index contributed by atoms with van der Waals surface area (Å²) < 4.78 is 0. The quantitative estimate of drug-likeness (QED) is 0.916. The number of hydrogen-bond acceptors (Lipinski definition) is 2. The molecule has 1 heterocycles. The summed E-state index contributed by atoms with van der Waals surface area (Å²) in [5.41, 5.74) is 0.874. The highest BCUT2D eigenvalue weighted by Crippen LogP contribution is 2.39. The van der Waals surface area contributed by atoms with Gasteiger partial charge >= 0.3 is 5.97 Å². The molecule has 1 aliphatic rings. The van der Waals surface area contributed by atoms with Crippen LogP contribution in [0.4, 0.5) is 5.69 Å². The van der Waals surface area contributed by atoms with Gasteiger partial charge in [-0.2, -0.15) is 0 Å². The van der Waals surface area contributed by atoms with Crippen LogP contribution in [0.25, 0.3) is 0 Å². The molecule has 17 heavy (non-hydrogen) atoms. The minimum Gasteiger partial charge on any atom is -0.478 e. The SMILES string of the molecule is CCC1CN(c2c(Cl)cc(C(=O)O)cc2Cl)C1. The summed E-state index contributed by atoms with van der Waals surface area (Å²) in [4.78, 5) is 12.9. The molecule has 0 unspecified atom stereocenters. The van der Waals surface area contributed by atoms with Gasteiger partial charge in [0.15, 0.2) is 0 Å². The molecule has 0 radical (unpaired) electrons. The van der Waals surface area contributed by atoms with Gasteiger partial charge in [-0.25, -0.2) is 4.79 Å². The molecule has 0 aliphatic carbocycles. The molecule has 2 rings (SSSR count). The van der Waals surface area contributed by atoms with Crippen molar-refractivity contribution in [2.24, 2.45) is 5.92 Å². The summed E-state index contributed by atoms with van der Waals surface area (Å²) in [6.45, 7) is 4.02. The lowest BCUT2D eigenvalue weighted by atomic mass is 9.96. The standard InChI is InChI=1S/C12H13Cl2NO2/c1-2-7-5-15(6-7)11-9(13)3-8(12(16)17)4-10(11)14/h3-4,7H,2,5-6H2,1H3,(H,16,17). The second-order valence-corrected chi connectivity index (χ2v) is 5.09. The molecule has 1 aromatic rings. The van der Waals surface area contributed by atoms with Crippen LogP contribution >= 0.6 is 23.2 Å². The van der Waals surface area contributed by atoms with Gasteiger partial charge in [-0.15, -0.1) is 0 Å². The first kappa shape index (κ1) is 12.5. The van der Waals surface area contributed by atoms with Gasteiger partial charge in [0, 0.05) is 13.1 Å². The molecule has 1 aliphatic heterocycles. The van der Waals surface area contributed by atoms with E-state index in [1.807, 2.05) is 0 Å². The lowest BCUT2D eigenvalue weighted by Gasteiger charge is -2.41. The molecule has 92 valence electrons. The lowest BCUT2D eigenvalue weighted by Crippen LogP contribution is -2.46.